The Labute approximate surface area is 169 Å². The molecular formula is C19H20N4O3S2. The summed E-state index contributed by atoms with van der Waals surface area (Å²) >= 11 is 2.88. The minimum atomic E-state index is -0.528. The lowest BCUT2D eigenvalue weighted by atomic mass is 9.95. The molecule has 3 aromatic rings. The van der Waals surface area contributed by atoms with Crippen molar-refractivity contribution in [3.63, 3.8) is 0 Å². The quantitative estimate of drug-likeness (QED) is 0.682. The first-order chi connectivity index (χ1) is 13.4. The molecule has 0 saturated heterocycles. The fourth-order valence-electron chi connectivity index (χ4n) is 3.62. The highest BCUT2D eigenvalue weighted by atomic mass is 32.1. The largest absolute Gasteiger partial charge is 0.365 e. The van der Waals surface area contributed by atoms with Crippen LogP contribution in [0.2, 0.25) is 0 Å². The minimum absolute atomic E-state index is 0.170. The maximum atomic E-state index is 12.8. The van der Waals surface area contributed by atoms with E-state index in [-0.39, 0.29) is 18.0 Å². The Morgan fingerprint density at radius 3 is 2.75 bits per heavy atom. The van der Waals surface area contributed by atoms with Crippen molar-refractivity contribution in [2.75, 3.05) is 5.32 Å². The zero-order valence-corrected chi connectivity index (χ0v) is 17.3. The molecule has 0 spiro atoms. The molecule has 0 unspecified atom stereocenters. The van der Waals surface area contributed by atoms with Crippen LogP contribution >= 0.6 is 22.7 Å². The number of thiophene rings is 2. The van der Waals surface area contributed by atoms with Gasteiger partial charge in [0.05, 0.1) is 17.3 Å². The van der Waals surface area contributed by atoms with Crippen LogP contribution in [0, 0.1) is 13.8 Å². The topological polar surface area (TPSA) is 107 Å². The summed E-state index contributed by atoms with van der Waals surface area (Å²) in [6.07, 6.45) is 5.18. The molecule has 28 heavy (non-hydrogen) atoms. The van der Waals surface area contributed by atoms with Crippen LogP contribution in [0.25, 0.3) is 10.2 Å². The monoisotopic (exact) mass is 416 g/mol. The number of rotatable bonds is 4. The van der Waals surface area contributed by atoms with E-state index in [4.69, 9.17) is 5.73 Å². The summed E-state index contributed by atoms with van der Waals surface area (Å²) in [5.41, 5.74) is 7.61. The molecule has 3 heterocycles. The van der Waals surface area contributed by atoms with Gasteiger partial charge in [-0.2, -0.15) is 0 Å². The van der Waals surface area contributed by atoms with Crippen LogP contribution in [0.4, 0.5) is 5.00 Å². The van der Waals surface area contributed by atoms with E-state index in [1.807, 2.05) is 13.8 Å². The van der Waals surface area contributed by atoms with E-state index in [9.17, 15) is 14.4 Å². The summed E-state index contributed by atoms with van der Waals surface area (Å²) < 4.78 is 1.30. The highest BCUT2D eigenvalue weighted by Crippen LogP contribution is 2.37. The molecule has 4 rings (SSSR count). The van der Waals surface area contributed by atoms with Crippen molar-refractivity contribution >= 4 is 49.7 Å². The van der Waals surface area contributed by atoms with E-state index in [0.29, 0.717) is 20.8 Å². The molecule has 1 aliphatic rings. The molecule has 3 N–H and O–H groups in total. The van der Waals surface area contributed by atoms with Crippen LogP contribution in [0.1, 0.15) is 44.1 Å². The second-order valence-corrected chi connectivity index (χ2v) is 9.28. The van der Waals surface area contributed by atoms with Gasteiger partial charge in [0.2, 0.25) is 5.91 Å². The van der Waals surface area contributed by atoms with Crippen molar-refractivity contribution in [2.24, 2.45) is 5.73 Å². The number of anilines is 1. The molecule has 0 radical (unpaired) electrons. The SMILES string of the molecule is Cc1sc2ncn(CC(=O)Nc3sc4c(c3C(N)=O)CCCC4)c(=O)c2c1C. The van der Waals surface area contributed by atoms with Gasteiger partial charge in [0.15, 0.2) is 0 Å². The predicted octanol–water partition coefficient (Wildman–Crippen LogP) is 2.75. The lowest BCUT2D eigenvalue weighted by Gasteiger charge is -2.11. The molecule has 0 aromatic carbocycles. The van der Waals surface area contributed by atoms with Gasteiger partial charge in [-0.3, -0.25) is 19.0 Å². The Morgan fingerprint density at radius 2 is 2.00 bits per heavy atom. The Hall–Kier alpha value is -2.52. The maximum Gasteiger partial charge on any atom is 0.262 e. The summed E-state index contributed by atoms with van der Waals surface area (Å²) in [7, 11) is 0. The number of nitrogens with two attached hydrogens (primary N) is 1. The van der Waals surface area contributed by atoms with Crippen molar-refractivity contribution in [1.29, 1.82) is 0 Å². The van der Waals surface area contributed by atoms with Gasteiger partial charge in [0, 0.05) is 9.75 Å². The minimum Gasteiger partial charge on any atom is -0.365 e. The highest BCUT2D eigenvalue weighted by Gasteiger charge is 2.25. The van der Waals surface area contributed by atoms with Gasteiger partial charge in [0.1, 0.15) is 16.4 Å². The third-order valence-electron chi connectivity index (χ3n) is 5.14. The average molecular weight is 417 g/mol. The summed E-state index contributed by atoms with van der Waals surface area (Å²) in [6, 6.07) is 0. The van der Waals surface area contributed by atoms with E-state index < -0.39 is 5.91 Å². The smallest absolute Gasteiger partial charge is 0.262 e. The van der Waals surface area contributed by atoms with Crippen LogP contribution in [0.15, 0.2) is 11.1 Å². The first-order valence-corrected chi connectivity index (χ1v) is 10.7. The zero-order chi connectivity index (χ0) is 20.0. The van der Waals surface area contributed by atoms with Gasteiger partial charge < -0.3 is 11.1 Å². The van der Waals surface area contributed by atoms with Crippen molar-refractivity contribution in [1.82, 2.24) is 9.55 Å². The summed E-state index contributed by atoms with van der Waals surface area (Å²) in [5, 5.41) is 3.82. The summed E-state index contributed by atoms with van der Waals surface area (Å²) in [5.74, 6) is -0.909. The molecular weight excluding hydrogens is 396 g/mol. The molecule has 3 aromatic heterocycles. The second-order valence-electron chi connectivity index (χ2n) is 6.97. The summed E-state index contributed by atoms with van der Waals surface area (Å²) in [4.78, 5) is 44.5. The lowest BCUT2D eigenvalue weighted by molar-refractivity contribution is -0.116. The number of nitrogens with one attached hydrogen (secondary N) is 1. The number of aromatic nitrogens is 2. The molecule has 0 saturated carbocycles. The average Bonchev–Trinajstić information content (AvgIpc) is 3.15. The fraction of sp³-hybridized carbons (Fsp3) is 0.368. The number of hydrogen-bond donors (Lipinski definition) is 2. The number of primary amides is 1. The predicted molar refractivity (Wildman–Crippen MR) is 111 cm³/mol. The normalized spacial score (nSPS) is 13.5. The number of hydrogen-bond acceptors (Lipinski definition) is 6. The van der Waals surface area contributed by atoms with Crippen molar-refractivity contribution < 1.29 is 9.59 Å². The Bertz CT molecular complexity index is 1170. The molecule has 0 bridgehead atoms. The van der Waals surface area contributed by atoms with E-state index in [2.05, 4.69) is 10.3 Å². The molecule has 9 heteroatoms. The van der Waals surface area contributed by atoms with Crippen LogP contribution in [0.5, 0.6) is 0 Å². The van der Waals surface area contributed by atoms with Crippen LogP contribution in [0.3, 0.4) is 0 Å². The van der Waals surface area contributed by atoms with Crippen LogP contribution < -0.4 is 16.6 Å². The number of fused-ring (bicyclic) bond motifs is 2. The van der Waals surface area contributed by atoms with Gasteiger partial charge in [-0.05, 0) is 50.7 Å². The molecule has 0 atom stereocenters. The van der Waals surface area contributed by atoms with Crippen LogP contribution in [-0.2, 0) is 24.2 Å². The molecule has 7 nitrogen and oxygen atoms in total. The van der Waals surface area contributed by atoms with Crippen molar-refractivity contribution in [3.05, 3.63) is 43.1 Å². The lowest BCUT2D eigenvalue weighted by Crippen LogP contribution is -2.28. The van der Waals surface area contributed by atoms with Gasteiger partial charge in [-0.25, -0.2) is 4.98 Å². The number of nitrogens with zero attached hydrogens (tertiary/aromatic N) is 2. The Kier molecular flexibility index (Phi) is 4.80. The van der Waals surface area contributed by atoms with Crippen molar-refractivity contribution in [3.8, 4) is 0 Å². The van der Waals surface area contributed by atoms with Gasteiger partial charge in [-0.15, -0.1) is 22.7 Å². The van der Waals surface area contributed by atoms with E-state index in [1.165, 1.54) is 33.6 Å². The molecule has 0 aliphatic heterocycles. The summed E-state index contributed by atoms with van der Waals surface area (Å²) in [6.45, 7) is 3.66. The number of carbonyl (C=O) groups excluding carboxylic acids is 2. The van der Waals surface area contributed by atoms with Crippen molar-refractivity contribution in [2.45, 2.75) is 46.1 Å². The van der Waals surface area contributed by atoms with Crippen LogP contribution in [-0.4, -0.2) is 21.4 Å². The van der Waals surface area contributed by atoms with Gasteiger partial charge in [-0.1, -0.05) is 0 Å². The third-order valence-corrected chi connectivity index (χ3v) is 7.46. The van der Waals surface area contributed by atoms with Gasteiger partial charge in [0.25, 0.3) is 11.5 Å². The molecule has 146 valence electrons. The fourth-order valence-corrected chi connectivity index (χ4v) is 5.92. The van der Waals surface area contributed by atoms with E-state index in [0.717, 1.165) is 46.6 Å². The first kappa shape index (κ1) is 18.8. The highest BCUT2D eigenvalue weighted by molar-refractivity contribution is 7.18. The maximum absolute atomic E-state index is 12.8. The number of amides is 2. The third kappa shape index (κ3) is 3.14. The molecule has 2 amide bonds. The number of aryl methyl sites for hydroxylation is 3. The Morgan fingerprint density at radius 1 is 1.25 bits per heavy atom. The van der Waals surface area contributed by atoms with Gasteiger partial charge >= 0.3 is 0 Å². The first-order valence-electron chi connectivity index (χ1n) is 9.06. The standard InChI is InChI=1S/C19H20N4O3S2/c1-9-10(2)27-17-14(9)19(26)23(8-21-17)7-13(24)22-18-15(16(20)25)11-5-3-4-6-12(11)28-18/h8H,3-7H2,1-2H3,(H2,20,25)(H,22,24). The zero-order valence-electron chi connectivity index (χ0n) is 15.6. The molecule has 1 aliphatic carbocycles. The number of carbonyl (C=O) groups is 2. The van der Waals surface area contributed by atoms with E-state index >= 15 is 0 Å². The second kappa shape index (κ2) is 7.14. The van der Waals surface area contributed by atoms with E-state index in [1.54, 1.807) is 0 Å². The Balaban J connectivity index is 1.62. The molecule has 0 fully saturated rings.